The molecule has 130 valence electrons. The molecule has 1 N–H and O–H groups in total. The Balaban J connectivity index is 1.69. The van der Waals surface area contributed by atoms with Crippen LogP contribution >= 0.6 is 0 Å². The number of nitrogens with zero attached hydrogens (tertiary/aromatic N) is 2. The maximum absolute atomic E-state index is 14.4. The second-order valence-corrected chi connectivity index (χ2v) is 5.87. The van der Waals surface area contributed by atoms with E-state index in [1.54, 1.807) is 25.1 Å². The number of hydrogen-bond acceptors (Lipinski definition) is 5. The summed E-state index contributed by atoms with van der Waals surface area (Å²) >= 11 is 0. The van der Waals surface area contributed by atoms with Crippen LogP contribution in [0.2, 0.25) is 0 Å². The fourth-order valence-electron chi connectivity index (χ4n) is 2.51. The molecule has 0 radical (unpaired) electrons. The predicted octanol–water partition coefficient (Wildman–Crippen LogP) is 4.72. The first kappa shape index (κ1) is 17.1. The van der Waals surface area contributed by atoms with E-state index < -0.39 is 5.82 Å². The van der Waals surface area contributed by atoms with Gasteiger partial charge < -0.3 is 9.15 Å². The number of aryl methyl sites for hydroxylation is 1. The van der Waals surface area contributed by atoms with Crippen molar-refractivity contribution in [2.75, 3.05) is 0 Å². The number of benzene rings is 2. The molecule has 0 saturated carbocycles. The number of rotatable bonds is 6. The minimum Gasteiger partial charge on any atom is -0.454 e. The second-order valence-electron chi connectivity index (χ2n) is 5.87. The number of nitrogens with one attached hydrogen (secondary N) is 1. The average molecular weight is 341 g/mol. The van der Waals surface area contributed by atoms with Crippen LogP contribution in [0, 0.1) is 12.7 Å². The first-order valence-corrected chi connectivity index (χ1v) is 8.11. The zero-order chi connectivity index (χ0) is 17.8. The van der Waals surface area contributed by atoms with Gasteiger partial charge in [-0.15, -0.1) is 10.2 Å². The number of ether oxygens (including phenoxy) is 1. The van der Waals surface area contributed by atoms with E-state index >= 15 is 0 Å². The summed E-state index contributed by atoms with van der Waals surface area (Å²) < 4.78 is 25.3. The summed E-state index contributed by atoms with van der Waals surface area (Å²) in [5, 5.41) is 11.1. The van der Waals surface area contributed by atoms with Crippen LogP contribution < -0.4 is 10.1 Å². The van der Waals surface area contributed by atoms with Crippen molar-refractivity contribution < 1.29 is 13.5 Å². The summed E-state index contributed by atoms with van der Waals surface area (Å²) in [5.41, 5.74) is 0.806. The lowest BCUT2D eigenvalue weighted by molar-refractivity contribution is 0.379. The standard InChI is InChI=1S/C19H20FN3O2/c1-12(21-13(2)19-23-22-14(3)24-19)15-9-10-18(17(20)11-15)25-16-7-5-4-6-8-16/h4-13,21H,1-3H3/t12-,13-/m0/s1. The van der Waals surface area contributed by atoms with E-state index in [2.05, 4.69) is 15.5 Å². The molecule has 5 nitrogen and oxygen atoms in total. The Bertz CT molecular complexity index is 836. The van der Waals surface area contributed by atoms with Gasteiger partial charge in [0.15, 0.2) is 11.6 Å². The summed E-state index contributed by atoms with van der Waals surface area (Å²) in [5.74, 6) is 1.42. The van der Waals surface area contributed by atoms with Gasteiger partial charge in [0.25, 0.3) is 0 Å². The van der Waals surface area contributed by atoms with E-state index in [0.29, 0.717) is 17.5 Å². The topological polar surface area (TPSA) is 60.2 Å². The van der Waals surface area contributed by atoms with Crippen LogP contribution in [0.25, 0.3) is 0 Å². The highest BCUT2D eigenvalue weighted by atomic mass is 19.1. The summed E-state index contributed by atoms with van der Waals surface area (Å²) in [6.07, 6.45) is 0. The third-order valence-corrected chi connectivity index (χ3v) is 3.84. The molecule has 3 rings (SSSR count). The summed E-state index contributed by atoms with van der Waals surface area (Å²) in [7, 11) is 0. The Labute approximate surface area is 145 Å². The molecule has 6 heteroatoms. The van der Waals surface area contributed by atoms with Crippen LogP contribution in [0.1, 0.15) is 43.3 Å². The van der Waals surface area contributed by atoms with Crippen molar-refractivity contribution in [1.82, 2.24) is 15.5 Å². The van der Waals surface area contributed by atoms with Crippen LogP contribution in [0.4, 0.5) is 4.39 Å². The molecule has 1 aromatic heterocycles. The van der Waals surface area contributed by atoms with E-state index in [4.69, 9.17) is 9.15 Å². The fourth-order valence-corrected chi connectivity index (χ4v) is 2.51. The first-order chi connectivity index (χ1) is 12.0. The molecule has 0 fully saturated rings. The molecule has 0 amide bonds. The minimum absolute atomic E-state index is 0.0949. The molecule has 2 atom stereocenters. The molecular weight excluding hydrogens is 321 g/mol. The summed E-state index contributed by atoms with van der Waals surface area (Å²) in [4.78, 5) is 0. The Morgan fingerprint density at radius 3 is 2.44 bits per heavy atom. The van der Waals surface area contributed by atoms with Crippen LogP contribution in [-0.4, -0.2) is 10.2 Å². The van der Waals surface area contributed by atoms with Crippen molar-refractivity contribution in [3.05, 3.63) is 71.7 Å². The summed E-state index contributed by atoms with van der Waals surface area (Å²) in [6, 6.07) is 13.8. The van der Waals surface area contributed by atoms with Crippen molar-refractivity contribution in [2.45, 2.75) is 32.9 Å². The highest BCUT2D eigenvalue weighted by molar-refractivity contribution is 5.35. The smallest absolute Gasteiger partial charge is 0.233 e. The Kier molecular flexibility index (Phi) is 5.09. The number of para-hydroxylation sites is 1. The molecule has 3 aromatic rings. The van der Waals surface area contributed by atoms with Crippen molar-refractivity contribution in [1.29, 1.82) is 0 Å². The van der Waals surface area contributed by atoms with Crippen LogP contribution in [0.3, 0.4) is 0 Å². The SMILES string of the molecule is Cc1nnc([C@H](C)N[C@@H](C)c2ccc(Oc3ccccc3)c(F)c2)o1. The number of halogens is 1. The fraction of sp³-hybridized carbons (Fsp3) is 0.263. The van der Waals surface area contributed by atoms with Gasteiger partial charge in [-0.1, -0.05) is 24.3 Å². The van der Waals surface area contributed by atoms with E-state index in [-0.39, 0.29) is 17.8 Å². The monoisotopic (exact) mass is 341 g/mol. The summed E-state index contributed by atoms with van der Waals surface area (Å²) in [6.45, 7) is 5.62. The zero-order valence-corrected chi connectivity index (χ0v) is 14.4. The maximum Gasteiger partial charge on any atom is 0.233 e. The van der Waals surface area contributed by atoms with Gasteiger partial charge in [0.2, 0.25) is 11.8 Å². The van der Waals surface area contributed by atoms with E-state index in [0.717, 1.165) is 5.56 Å². The van der Waals surface area contributed by atoms with Gasteiger partial charge in [0.1, 0.15) is 5.75 Å². The van der Waals surface area contributed by atoms with Gasteiger partial charge in [-0.3, -0.25) is 5.32 Å². The van der Waals surface area contributed by atoms with Crippen molar-refractivity contribution in [3.63, 3.8) is 0 Å². The Morgan fingerprint density at radius 2 is 1.80 bits per heavy atom. The quantitative estimate of drug-likeness (QED) is 0.703. The highest BCUT2D eigenvalue weighted by Crippen LogP contribution is 2.27. The van der Waals surface area contributed by atoms with Gasteiger partial charge >= 0.3 is 0 Å². The Morgan fingerprint density at radius 1 is 1.04 bits per heavy atom. The molecule has 25 heavy (non-hydrogen) atoms. The zero-order valence-electron chi connectivity index (χ0n) is 14.4. The van der Waals surface area contributed by atoms with Crippen molar-refractivity contribution in [3.8, 4) is 11.5 Å². The lowest BCUT2D eigenvalue weighted by atomic mass is 10.1. The third-order valence-electron chi connectivity index (χ3n) is 3.84. The minimum atomic E-state index is -0.406. The van der Waals surface area contributed by atoms with Crippen LogP contribution in [0.5, 0.6) is 11.5 Å². The lowest BCUT2D eigenvalue weighted by Crippen LogP contribution is -2.22. The molecular formula is C19H20FN3O2. The van der Waals surface area contributed by atoms with Crippen molar-refractivity contribution in [2.24, 2.45) is 0 Å². The number of aromatic nitrogens is 2. The van der Waals surface area contributed by atoms with E-state index in [9.17, 15) is 4.39 Å². The van der Waals surface area contributed by atoms with E-state index in [1.807, 2.05) is 38.1 Å². The molecule has 1 heterocycles. The first-order valence-electron chi connectivity index (χ1n) is 8.11. The molecule has 0 spiro atoms. The van der Waals surface area contributed by atoms with Crippen LogP contribution in [0.15, 0.2) is 52.9 Å². The largest absolute Gasteiger partial charge is 0.454 e. The van der Waals surface area contributed by atoms with Gasteiger partial charge in [-0.05, 0) is 43.7 Å². The second kappa shape index (κ2) is 7.44. The molecule has 0 saturated heterocycles. The number of hydrogen-bond donors (Lipinski definition) is 1. The maximum atomic E-state index is 14.4. The average Bonchev–Trinajstić information content (AvgIpc) is 3.04. The third kappa shape index (κ3) is 4.22. The van der Waals surface area contributed by atoms with E-state index in [1.165, 1.54) is 6.07 Å². The molecule has 2 aromatic carbocycles. The van der Waals surface area contributed by atoms with Crippen molar-refractivity contribution >= 4 is 0 Å². The lowest BCUT2D eigenvalue weighted by Gasteiger charge is -2.18. The molecule has 0 unspecified atom stereocenters. The highest BCUT2D eigenvalue weighted by Gasteiger charge is 2.17. The molecule has 0 aliphatic rings. The van der Waals surface area contributed by atoms with Gasteiger partial charge in [-0.2, -0.15) is 0 Å². The normalized spacial score (nSPS) is 13.4. The van der Waals surface area contributed by atoms with Gasteiger partial charge in [0, 0.05) is 13.0 Å². The van der Waals surface area contributed by atoms with Gasteiger partial charge in [0.05, 0.1) is 6.04 Å². The molecule has 0 aliphatic heterocycles. The van der Waals surface area contributed by atoms with Crippen LogP contribution in [-0.2, 0) is 0 Å². The molecule has 0 bridgehead atoms. The molecule has 0 aliphatic carbocycles. The Hall–Kier alpha value is -2.73. The predicted molar refractivity (Wildman–Crippen MR) is 91.9 cm³/mol. The van der Waals surface area contributed by atoms with Gasteiger partial charge in [-0.25, -0.2) is 4.39 Å².